The third-order valence-corrected chi connectivity index (χ3v) is 3.48. The first kappa shape index (κ1) is 9.62. The molecule has 2 aromatic rings. The van der Waals surface area contributed by atoms with E-state index in [1.807, 2.05) is 18.2 Å². The lowest BCUT2D eigenvalue weighted by Crippen LogP contribution is -1.82. The predicted molar refractivity (Wildman–Crippen MR) is 64.3 cm³/mol. The summed E-state index contributed by atoms with van der Waals surface area (Å²) in [7, 11) is 0. The Bertz CT molecular complexity index is 468. The van der Waals surface area contributed by atoms with Crippen LogP contribution in [0.4, 0.5) is 0 Å². The molecule has 1 aromatic heterocycles. The lowest BCUT2D eigenvalue weighted by molar-refractivity contribution is 1.17. The van der Waals surface area contributed by atoms with Gasteiger partial charge in [0.1, 0.15) is 0 Å². The summed E-state index contributed by atoms with van der Waals surface area (Å²) in [6.45, 7) is 2.15. The van der Waals surface area contributed by atoms with Gasteiger partial charge < -0.3 is 4.98 Å². The van der Waals surface area contributed by atoms with Crippen molar-refractivity contribution in [2.45, 2.75) is 13.3 Å². The zero-order chi connectivity index (χ0) is 9.97. The van der Waals surface area contributed by atoms with Gasteiger partial charge in [-0.25, -0.2) is 0 Å². The van der Waals surface area contributed by atoms with Crippen LogP contribution >= 0.6 is 23.6 Å². The van der Waals surface area contributed by atoms with E-state index in [9.17, 15) is 0 Å². The lowest BCUT2D eigenvalue weighted by atomic mass is 10.1. The summed E-state index contributed by atoms with van der Waals surface area (Å²) in [5.74, 6) is 0. The minimum absolute atomic E-state index is 0.862. The lowest BCUT2D eigenvalue weighted by Gasteiger charge is -1.99. The second-order valence-electron chi connectivity index (χ2n) is 3.03. The van der Waals surface area contributed by atoms with Crippen molar-refractivity contribution in [1.82, 2.24) is 4.98 Å². The molecular weight excluding hydrogens is 210 g/mol. The first-order valence-corrected chi connectivity index (χ1v) is 5.81. The third kappa shape index (κ3) is 1.79. The summed E-state index contributed by atoms with van der Waals surface area (Å²) in [5.41, 5.74) is 2.40. The molecule has 0 aliphatic carbocycles. The number of aromatic amines is 1. The highest BCUT2D eigenvalue weighted by atomic mass is 32.1. The Morgan fingerprint density at radius 3 is 2.64 bits per heavy atom. The fourth-order valence-corrected chi connectivity index (χ4v) is 2.64. The van der Waals surface area contributed by atoms with Crippen molar-refractivity contribution in [3.05, 3.63) is 39.2 Å². The SMILES string of the molecule is CCc1sc(=S)[nH]c1-c1ccccc1. The standard InChI is InChI=1S/C11H11NS2/c1-2-9-10(12-11(13)14-9)8-6-4-3-5-7-8/h3-7H,2H2,1H3,(H,12,13). The number of rotatable bonds is 2. The van der Waals surface area contributed by atoms with Crippen molar-refractivity contribution in [3.8, 4) is 11.3 Å². The molecule has 2 rings (SSSR count). The number of nitrogens with one attached hydrogen (secondary N) is 1. The summed E-state index contributed by atoms with van der Waals surface area (Å²) >= 11 is 6.82. The monoisotopic (exact) mass is 221 g/mol. The van der Waals surface area contributed by atoms with E-state index < -0.39 is 0 Å². The highest BCUT2D eigenvalue weighted by Gasteiger charge is 2.05. The quantitative estimate of drug-likeness (QED) is 0.757. The molecule has 0 spiro atoms. The van der Waals surface area contributed by atoms with Crippen molar-refractivity contribution < 1.29 is 0 Å². The number of hydrogen-bond acceptors (Lipinski definition) is 2. The normalized spacial score (nSPS) is 10.4. The minimum Gasteiger partial charge on any atom is -0.337 e. The fraction of sp³-hybridized carbons (Fsp3) is 0.182. The zero-order valence-electron chi connectivity index (χ0n) is 7.91. The molecule has 72 valence electrons. The van der Waals surface area contributed by atoms with Gasteiger partial charge >= 0.3 is 0 Å². The number of hydrogen-bond donors (Lipinski definition) is 1. The molecule has 0 bridgehead atoms. The summed E-state index contributed by atoms with van der Waals surface area (Å²) in [6, 6.07) is 10.3. The topological polar surface area (TPSA) is 15.8 Å². The summed E-state index contributed by atoms with van der Waals surface area (Å²) in [4.78, 5) is 4.58. The highest BCUT2D eigenvalue weighted by Crippen LogP contribution is 2.26. The Hall–Kier alpha value is -0.930. The molecule has 0 radical (unpaired) electrons. The first-order valence-electron chi connectivity index (χ1n) is 4.58. The van der Waals surface area contributed by atoms with Gasteiger partial charge in [-0.15, -0.1) is 11.3 Å². The molecule has 0 aliphatic rings. The van der Waals surface area contributed by atoms with Crippen LogP contribution in [0, 0.1) is 3.95 Å². The number of thiazole rings is 1. The fourth-order valence-electron chi connectivity index (χ4n) is 1.45. The Balaban J connectivity index is 2.56. The van der Waals surface area contributed by atoms with Crippen molar-refractivity contribution in [1.29, 1.82) is 0 Å². The number of aryl methyl sites for hydroxylation is 1. The van der Waals surface area contributed by atoms with E-state index in [0.29, 0.717) is 0 Å². The van der Waals surface area contributed by atoms with Crippen LogP contribution in [0.5, 0.6) is 0 Å². The predicted octanol–water partition coefficient (Wildman–Crippen LogP) is 4.04. The Labute approximate surface area is 92.4 Å². The van der Waals surface area contributed by atoms with Crippen LogP contribution < -0.4 is 0 Å². The molecule has 0 fully saturated rings. The molecule has 3 heteroatoms. The van der Waals surface area contributed by atoms with Crippen molar-refractivity contribution in [2.75, 3.05) is 0 Å². The molecule has 1 aromatic carbocycles. The average molecular weight is 221 g/mol. The maximum atomic E-state index is 5.15. The van der Waals surface area contributed by atoms with Gasteiger partial charge in [0.05, 0.1) is 5.69 Å². The molecule has 0 saturated carbocycles. The van der Waals surface area contributed by atoms with E-state index in [1.165, 1.54) is 16.1 Å². The van der Waals surface area contributed by atoms with Gasteiger partial charge in [0.15, 0.2) is 3.95 Å². The molecule has 0 atom stereocenters. The second kappa shape index (κ2) is 4.07. The van der Waals surface area contributed by atoms with E-state index in [2.05, 4.69) is 24.0 Å². The molecule has 0 unspecified atom stereocenters. The molecule has 0 saturated heterocycles. The van der Waals surface area contributed by atoms with E-state index in [0.717, 1.165) is 10.4 Å². The second-order valence-corrected chi connectivity index (χ2v) is 4.80. The van der Waals surface area contributed by atoms with Crippen molar-refractivity contribution >= 4 is 23.6 Å². The molecule has 14 heavy (non-hydrogen) atoms. The number of aromatic nitrogens is 1. The minimum atomic E-state index is 0.862. The van der Waals surface area contributed by atoms with Gasteiger partial charge in [0, 0.05) is 4.88 Å². The van der Waals surface area contributed by atoms with Crippen molar-refractivity contribution in [3.63, 3.8) is 0 Å². The van der Waals surface area contributed by atoms with Gasteiger partial charge in [-0.2, -0.15) is 0 Å². The van der Waals surface area contributed by atoms with Crippen LogP contribution in [0.3, 0.4) is 0 Å². The van der Waals surface area contributed by atoms with Gasteiger partial charge in [0.2, 0.25) is 0 Å². The third-order valence-electron chi connectivity index (χ3n) is 2.11. The van der Waals surface area contributed by atoms with Crippen LogP contribution in [0.1, 0.15) is 11.8 Å². The van der Waals surface area contributed by atoms with Crippen LogP contribution in [0.25, 0.3) is 11.3 Å². The van der Waals surface area contributed by atoms with Crippen LogP contribution in [-0.4, -0.2) is 4.98 Å². The summed E-state index contributed by atoms with van der Waals surface area (Å²) in [6.07, 6.45) is 1.03. The average Bonchev–Trinajstić information content (AvgIpc) is 2.61. The Morgan fingerprint density at radius 2 is 2.00 bits per heavy atom. The molecule has 1 N–H and O–H groups in total. The largest absolute Gasteiger partial charge is 0.337 e. The smallest absolute Gasteiger partial charge is 0.159 e. The van der Waals surface area contributed by atoms with Crippen LogP contribution in [0.2, 0.25) is 0 Å². The van der Waals surface area contributed by atoms with E-state index >= 15 is 0 Å². The Morgan fingerprint density at radius 1 is 1.29 bits per heavy atom. The van der Waals surface area contributed by atoms with Gasteiger partial charge in [0.25, 0.3) is 0 Å². The zero-order valence-corrected chi connectivity index (χ0v) is 9.54. The maximum Gasteiger partial charge on any atom is 0.159 e. The van der Waals surface area contributed by atoms with E-state index in [4.69, 9.17) is 12.2 Å². The Kier molecular flexibility index (Phi) is 2.79. The summed E-state index contributed by atoms with van der Waals surface area (Å²) < 4.78 is 0.862. The van der Waals surface area contributed by atoms with Gasteiger partial charge in [-0.1, -0.05) is 37.3 Å². The van der Waals surface area contributed by atoms with E-state index in [1.54, 1.807) is 11.3 Å². The number of benzene rings is 1. The van der Waals surface area contributed by atoms with E-state index in [-0.39, 0.29) is 0 Å². The molecular formula is C11H11NS2. The van der Waals surface area contributed by atoms with Gasteiger partial charge in [-0.05, 0) is 24.2 Å². The molecule has 0 aliphatic heterocycles. The number of H-pyrrole nitrogens is 1. The molecule has 0 amide bonds. The van der Waals surface area contributed by atoms with Crippen LogP contribution in [-0.2, 0) is 6.42 Å². The molecule has 1 nitrogen and oxygen atoms in total. The molecule has 1 heterocycles. The first-order chi connectivity index (χ1) is 6.81. The van der Waals surface area contributed by atoms with Crippen molar-refractivity contribution in [2.24, 2.45) is 0 Å². The van der Waals surface area contributed by atoms with Gasteiger partial charge in [-0.3, -0.25) is 0 Å². The van der Waals surface area contributed by atoms with Crippen LogP contribution in [0.15, 0.2) is 30.3 Å². The maximum absolute atomic E-state index is 5.15. The highest BCUT2D eigenvalue weighted by molar-refractivity contribution is 7.73. The summed E-state index contributed by atoms with van der Waals surface area (Å²) in [5, 5.41) is 0.